The number of rotatable bonds is 7. The molecule has 0 bridgehead atoms. The molecule has 2 aromatic carbocycles. The number of hydrogen-bond donors (Lipinski definition) is 1. The number of hydrogen-bond acceptors (Lipinski definition) is 3. The highest BCUT2D eigenvalue weighted by Crippen LogP contribution is 2.23. The van der Waals surface area contributed by atoms with Crippen molar-refractivity contribution < 1.29 is 9.90 Å². The van der Waals surface area contributed by atoms with Crippen molar-refractivity contribution in [2.24, 2.45) is 0 Å². The second-order valence-corrected chi connectivity index (χ2v) is 6.17. The number of aryl methyl sites for hydroxylation is 1. The van der Waals surface area contributed by atoms with Crippen LogP contribution in [0.3, 0.4) is 0 Å². The minimum Gasteiger partial charge on any atom is -0.480 e. The normalized spacial score (nSPS) is 11.6. The van der Waals surface area contributed by atoms with Crippen molar-refractivity contribution in [2.75, 3.05) is 0 Å². The van der Waals surface area contributed by atoms with Gasteiger partial charge < -0.3 is 5.11 Å². The van der Waals surface area contributed by atoms with E-state index in [1.807, 2.05) is 48.5 Å². The van der Waals surface area contributed by atoms with Crippen LogP contribution in [0, 0.1) is 11.3 Å². The van der Waals surface area contributed by atoms with Crippen molar-refractivity contribution >= 4 is 17.7 Å². The van der Waals surface area contributed by atoms with E-state index in [0.717, 1.165) is 17.5 Å². The largest absolute Gasteiger partial charge is 0.480 e. The van der Waals surface area contributed by atoms with Gasteiger partial charge in [-0.3, -0.25) is 4.79 Å². The van der Waals surface area contributed by atoms with E-state index in [2.05, 4.69) is 6.07 Å². The Labute approximate surface area is 134 Å². The molecule has 0 radical (unpaired) electrons. The summed E-state index contributed by atoms with van der Waals surface area (Å²) in [5.41, 5.74) is 2.74. The molecule has 0 saturated heterocycles. The molecule has 0 amide bonds. The van der Waals surface area contributed by atoms with Crippen LogP contribution in [0.2, 0.25) is 0 Å². The molecule has 22 heavy (non-hydrogen) atoms. The first-order valence-electron chi connectivity index (χ1n) is 7.06. The number of aliphatic carboxylic acids is 1. The van der Waals surface area contributed by atoms with Crippen LogP contribution in [0.5, 0.6) is 0 Å². The van der Waals surface area contributed by atoms with Gasteiger partial charge in [-0.1, -0.05) is 42.5 Å². The average Bonchev–Trinajstić information content (AvgIpc) is 2.55. The Morgan fingerprint density at radius 3 is 2.55 bits per heavy atom. The maximum Gasteiger partial charge on any atom is 0.316 e. The molecule has 0 aromatic heterocycles. The Morgan fingerprint density at radius 1 is 1.14 bits per heavy atom. The molecule has 2 rings (SSSR count). The zero-order chi connectivity index (χ0) is 15.8. The van der Waals surface area contributed by atoms with Crippen LogP contribution < -0.4 is 0 Å². The lowest BCUT2D eigenvalue weighted by Crippen LogP contribution is -2.17. The Morgan fingerprint density at radius 2 is 1.86 bits per heavy atom. The van der Waals surface area contributed by atoms with Gasteiger partial charge in [0.05, 0.1) is 11.6 Å². The van der Waals surface area contributed by atoms with Crippen molar-refractivity contribution in [1.82, 2.24) is 0 Å². The summed E-state index contributed by atoms with van der Waals surface area (Å²) in [6.45, 7) is 0. The highest BCUT2D eigenvalue weighted by atomic mass is 32.2. The summed E-state index contributed by atoms with van der Waals surface area (Å²) in [5, 5.41) is 17.8. The smallest absolute Gasteiger partial charge is 0.316 e. The predicted molar refractivity (Wildman–Crippen MR) is 88.6 cm³/mol. The lowest BCUT2D eigenvalue weighted by molar-refractivity contribution is -0.136. The molecule has 0 aliphatic carbocycles. The third kappa shape index (κ3) is 4.94. The van der Waals surface area contributed by atoms with Crippen molar-refractivity contribution in [1.29, 1.82) is 5.26 Å². The molecule has 0 fully saturated rings. The maximum absolute atomic E-state index is 11.4. The van der Waals surface area contributed by atoms with Crippen molar-refractivity contribution in [3.8, 4) is 6.07 Å². The number of thioether (sulfide) groups is 1. The quantitative estimate of drug-likeness (QED) is 0.843. The van der Waals surface area contributed by atoms with Crippen molar-refractivity contribution in [3.05, 3.63) is 71.3 Å². The highest BCUT2D eigenvalue weighted by molar-refractivity contribution is 7.99. The first kappa shape index (κ1) is 16.1. The van der Waals surface area contributed by atoms with Crippen LogP contribution in [-0.4, -0.2) is 16.3 Å². The van der Waals surface area contributed by atoms with Gasteiger partial charge in [0, 0.05) is 5.75 Å². The minimum atomic E-state index is -0.780. The van der Waals surface area contributed by atoms with Gasteiger partial charge in [0.2, 0.25) is 0 Å². The number of benzene rings is 2. The van der Waals surface area contributed by atoms with E-state index < -0.39 is 11.2 Å². The van der Waals surface area contributed by atoms with E-state index in [0.29, 0.717) is 17.7 Å². The van der Waals surface area contributed by atoms with Gasteiger partial charge in [0.1, 0.15) is 5.25 Å². The SMILES string of the molecule is N#Cc1cccc(CSC(CCc2ccccc2)C(=O)O)c1. The van der Waals surface area contributed by atoms with E-state index in [-0.39, 0.29) is 0 Å². The molecule has 1 unspecified atom stereocenters. The molecule has 0 saturated carbocycles. The molecular weight excluding hydrogens is 294 g/mol. The fraction of sp³-hybridized carbons (Fsp3) is 0.222. The lowest BCUT2D eigenvalue weighted by Gasteiger charge is -2.12. The fourth-order valence-corrected chi connectivity index (χ4v) is 3.15. The summed E-state index contributed by atoms with van der Waals surface area (Å²) in [6, 6.07) is 19.3. The number of nitrogens with zero attached hydrogens (tertiary/aromatic N) is 1. The molecule has 3 nitrogen and oxygen atoms in total. The van der Waals surface area contributed by atoms with Crippen molar-refractivity contribution in [2.45, 2.75) is 23.8 Å². The minimum absolute atomic E-state index is 0.439. The number of carboxylic acids is 1. The second-order valence-electron chi connectivity index (χ2n) is 4.97. The summed E-state index contributed by atoms with van der Waals surface area (Å²) in [7, 11) is 0. The van der Waals surface area contributed by atoms with E-state index >= 15 is 0 Å². The van der Waals surface area contributed by atoms with Crippen LogP contribution in [0.25, 0.3) is 0 Å². The van der Waals surface area contributed by atoms with Gasteiger partial charge in [-0.05, 0) is 36.1 Å². The van der Waals surface area contributed by atoms with E-state index in [1.165, 1.54) is 11.8 Å². The van der Waals surface area contributed by atoms with Crippen LogP contribution in [0.4, 0.5) is 0 Å². The van der Waals surface area contributed by atoms with E-state index in [9.17, 15) is 9.90 Å². The van der Waals surface area contributed by atoms with Gasteiger partial charge in [-0.15, -0.1) is 11.8 Å². The molecule has 0 aliphatic heterocycles. The second kappa shape index (κ2) is 8.26. The van der Waals surface area contributed by atoms with E-state index in [4.69, 9.17) is 5.26 Å². The van der Waals surface area contributed by atoms with Gasteiger partial charge in [0.25, 0.3) is 0 Å². The topological polar surface area (TPSA) is 61.1 Å². The third-order valence-electron chi connectivity index (χ3n) is 3.32. The molecule has 0 heterocycles. The fourth-order valence-electron chi connectivity index (χ4n) is 2.15. The van der Waals surface area contributed by atoms with Crippen LogP contribution in [0.15, 0.2) is 54.6 Å². The van der Waals surface area contributed by atoms with E-state index in [1.54, 1.807) is 6.07 Å². The molecule has 1 atom stereocenters. The van der Waals surface area contributed by atoms with Gasteiger partial charge >= 0.3 is 5.97 Å². The van der Waals surface area contributed by atoms with Crippen molar-refractivity contribution in [3.63, 3.8) is 0 Å². The molecule has 0 spiro atoms. The van der Waals surface area contributed by atoms with Crippen LogP contribution in [0.1, 0.15) is 23.1 Å². The molecule has 2 aromatic rings. The summed E-state index contributed by atoms with van der Waals surface area (Å²) < 4.78 is 0. The van der Waals surface area contributed by atoms with Gasteiger partial charge in [-0.25, -0.2) is 0 Å². The standard InChI is InChI=1S/C18H17NO2S/c19-12-15-7-4-8-16(11-15)13-22-17(18(20)21)10-9-14-5-2-1-3-6-14/h1-8,11,17H,9-10,13H2,(H,20,21). The lowest BCUT2D eigenvalue weighted by atomic mass is 10.1. The zero-order valence-corrected chi connectivity index (χ0v) is 12.9. The molecular formula is C18H17NO2S. The van der Waals surface area contributed by atoms with Crippen LogP contribution >= 0.6 is 11.8 Å². The first-order valence-corrected chi connectivity index (χ1v) is 8.11. The summed E-state index contributed by atoms with van der Waals surface area (Å²) in [5.74, 6) is -0.182. The van der Waals surface area contributed by atoms with Crippen LogP contribution in [-0.2, 0) is 17.0 Å². The maximum atomic E-state index is 11.4. The molecule has 0 aliphatic rings. The Balaban J connectivity index is 1.91. The molecule has 1 N–H and O–H groups in total. The Bertz CT molecular complexity index is 664. The summed E-state index contributed by atoms with van der Waals surface area (Å²) in [6.07, 6.45) is 1.35. The first-order chi connectivity index (χ1) is 10.7. The number of nitriles is 1. The summed E-state index contributed by atoms with van der Waals surface area (Å²) in [4.78, 5) is 11.4. The predicted octanol–water partition coefficient (Wildman–Crippen LogP) is 3.88. The molecule has 112 valence electrons. The molecule has 4 heteroatoms. The Kier molecular flexibility index (Phi) is 6.05. The summed E-state index contributed by atoms with van der Waals surface area (Å²) >= 11 is 1.41. The highest BCUT2D eigenvalue weighted by Gasteiger charge is 2.17. The number of carbonyl (C=O) groups is 1. The average molecular weight is 311 g/mol. The van der Waals surface area contributed by atoms with Gasteiger partial charge in [-0.2, -0.15) is 5.26 Å². The number of carboxylic acid groups (broad SMARTS) is 1. The zero-order valence-electron chi connectivity index (χ0n) is 12.1. The van der Waals surface area contributed by atoms with Gasteiger partial charge in [0.15, 0.2) is 0 Å². The monoisotopic (exact) mass is 311 g/mol. The third-order valence-corrected chi connectivity index (χ3v) is 4.66. The Hall–Kier alpha value is -2.25.